The Balaban J connectivity index is 1.71. The maximum absolute atomic E-state index is 3.65. The first-order chi connectivity index (χ1) is 10.3. The fourth-order valence-corrected chi connectivity index (χ4v) is 3.23. The van der Waals surface area contributed by atoms with Gasteiger partial charge in [-0.3, -0.25) is 0 Å². The van der Waals surface area contributed by atoms with Crippen LogP contribution in [0.25, 0.3) is 21.8 Å². The highest BCUT2D eigenvalue weighted by Gasteiger charge is 2.21. The predicted octanol–water partition coefficient (Wildman–Crippen LogP) is 4.18. The molecule has 1 saturated carbocycles. The van der Waals surface area contributed by atoms with Crippen molar-refractivity contribution in [1.29, 1.82) is 0 Å². The Labute approximate surface area is 125 Å². The Morgan fingerprint density at radius 2 is 1.57 bits per heavy atom. The molecule has 2 heteroatoms. The van der Waals surface area contributed by atoms with E-state index in [9.17, 15) is 0 Å². The molecule has 0 spiro atoms. The Morgan fingerprint density at radius 1 is 1.00 bits per heavy atom. The van der Waals surface area contributed by atoms with Gasteiger partial charge in [-0.2, -0.15) is 0 Å². The van der Waals surface area contributed by atoms with Gasteiger partial charge in [-0.15, -0.1) is 0 Å². The molecule has 4 rings (SSSR count). The third-order valence-corrected chi connectivity index (χ3v) is 4.51. The lowest BCUT2D eigenvalue weighted by molar-refractivity contribution is 0.456. The van der Waals surface area contributed by atoms with E-state index in [1.54, 1.807) is 0 Å². The molecule has 0 radical (unpaired) electrons. The van der Waals surface area contributed by atoms with Crippen molar-refractivity contribution in [2.75, 3.05) is 6.54 Å². The molecule has 3 aromatic rings. The molecule has 2 nitrogen and oxygen atoms in total. The standard InChI is InChI=1S/C19H22N2/c1-14(12-20-15-10-11-15)13-21-18-8-4-2-6-16(18)17-7-3-5-9-19(17)21/h2-9,14-15,20H,10-13H2,1H3. The number of rotatable bonds is 5. The Bertz CT molecular complexity index is 714. The lowest BCUT2D eigenvalue weighted by Gasteiger charge is -2.15. The summed E-state index contributed by atoms with van der Waals surface area (Å²) in [6.45, 7) is 4.54. The highest BCUT2D eigenvalue weighted by molar-refractivity contribution is 6.07. The second kappa shape index (κ2) is 5.19. The summed E-state index contributed by atoms with van der Waals surface area (Å²) in [5, 5.41) is 6.39. The van der Waals surface area contributed by atoms with Crippen molar-refractivity contribution in [3.05, 3.63) is 48.5 Å². The number of aromatic nitrogens is 1. The van der Waals surface area contributed by atoms with Gasteiger partial charge in [0.25, 0.3) is 0 Å². The normalized spacial score (nSPS) is 16.6. The van der Waals surface area contributed by atoms with Crippen LogP contribution < -0.4 is 5.32 Å². The molecule has 1 atom stereocenters. The molecule has 1 aliphatic rings. The molecular weight excluding hydrogens is 256 g/mol. The molecule has 0 bridgehead atoms. The van der Waals surface area contributed by atoms with Crippen molar-refractivity contribution in [2.24, 2.45) is 5.92 Å². The summed E-state index contributed by atoms with van der Waals surface area (Å²) in [6, 6.07) is 18.3. The minimum absolute atomic E-state index is 0.643. The first-order valence-electron chi connectivity index (χ1n) is 8.02. The zero-order chi connectivity index (χ0) is 14.2. The SMILES string of the molecule is CC(CNC1CC1)Cn1c2ccccc2c2ccccc21. The zero-order valence-electron chi connectivity index (χ0n) is 12.5. The van der Waals surface area contributed by atoms with E-state index in [1.165, 1.54) is 34.6 Å². The summed E-state index contributed by atoms with van der Waals surface area (Å²) in [4.78, 5) is 0. The minimum Gasteiger partial charge on any atom is -0.340 e. The van der Waals surface area contributed by atoms with Crippen LogP contribution in [0, 0.1) is 5.92 Å². The van der Waals surface area contributed by atoms with Gasteiger partial charge in [0.2, 0.25) is 0 Å². The highest BCUT2D eigenvalue weighted by atomic mass is 15.0. The van der Waals surface area contributed by atoms with Crippen molar-refractivity contribution >= 4 is 21.8 Å². The van der Waals surface area contributed by atoms with E-state index in [4.69, 9.17) is 0 Å². The van der Waals surface area contributed by atoms with Gasteiger partial charge in [0.05, 0.1) is 0 Å². The summed E-state index contributed by atoms with van der Waals surface area (Å²) in [5.41, 5.74) is 2.72. The number of nitrogens with one attached hydrogen (secondary N) is 1. The van der Waals surface area contributed by atoms with E-state index in [2.05, 4.69) is 65.3 Å². The van der Waals surface area contributed by atoms with Crippen LogP contribution in [0.4, 0.5) is 0 Å². The third-order valence-electron chi connectivity index (χ3n) is 4.51. The quantitative estimate of drug-likeness (QED) is 0.740. The molecule has 0 amide bonds. The van der Waals surface area contributed by atoms with E-state index < -0.39 is 0 Å². The van der Waals surface area contributed by atoms with Crippen molar-refractivity contribution in [1.82, 2.24) is 9.88 Å². The van der Waals surface area contributed by atoms with Crippen LogP contribution in [0.5, 0.6) is 0 Å². The topological polar surface area (TPSA) is 17.0 Å². The number of hydrogen-bond donors (Lipinski definition) is 1. The van der Waals surface area contributed by atoms with Crippen LogP contribution in [0.2, 0.25) is 0 Å². The van der Waals surface area contributed by atoms with Crippen LogP contribution >= 0.6 is 0 Å². The molecule has 1 aromatic heterocycles. The Kier molecular flexibility index (Phi) is 3.19. The van der Waals surface area contributed by atoms with E-state index >= 15 is 0 Å². The number of fused-ring (bicyclic) bond motifs is 3. The lowest BCUT2D eigenvalue weighted by atomic mass is 10.1. The highest BCUT2D eigenvalue weighted by Crippen LogP contribution is 2.29. The molecule has 1 heterocycles. The van der Waals surface area contributed by atoms with Crippen molar-refractivity contribution < 1.29 is 0 Å². The molecule has 1 fully saturated rings. The third kappa shape index (κ3) is 2.44. The molecule has 1 N–H and O–H groups in total. The molecule has 108 valence electrons. The number of hydrogen-bond acceptors (Lipinski definition) is 1. The minimum atomic E-state index is 0.643. The second-order valence-corrected chi connectivity index (χ2v) is 6.43. The molecule has 2 aromatic carbocycles. The van der Waals surface area contributed by atoms with Gasteiger partial charge in [0, 0.05) is 34.4 Å². The molecule has 0 aliphatic heterocycles. The molecule has 0 saturated heterocycles. The lowest BCUT2D eigenvalue weighted by Crippen LogP contribution is -2.25. The van der Waals surface area contributed by atoms with Crippen LogP contribution in [-0.2, 0) is 6.54 Å². The Hall–Kier alpha value is -1.80. The molecule has 1 aliphatic carbocycles. The van der Waals surface area contributed by atoms with Gasteiger partial charge < -0.3 is 9.88 Å². The van der Waals surface area contributed by atoms with Crippen LogP contribution in [0.3, 0.4) is 0 Å². The monoisotopic (exact) mass is 278 g/mol. The first kappa shape index (κ1) is 12.9. The van der Waals surface area contributed by atoms with E-state index in [-0.39, 0.29) is 0 Å². The summed E-state index contributed by atoms with van der Waals surface area (Å²) in [7, 11) is 0. The largest absolute Gasteiger partial charge is 0.340 e. The van der Waals surface area contributed by atoms with Gasteiger partial charge >= 0.3 is 0 Å². The summed E-state index contributed by atoms with van der Waals surface area (Å²) >= 11 is 0. The van der Waals surface area contributed by atoms with Gasteiger partial charge in [-0.1, -0.05) is 43.3 Å². The van der Waals surface area contributed by atoms with Gasteiger partial charge in [-0.25, -0.2) is 0 Å². The molecule has 21 heavy (non-hydrogen) atoms. The van der Waals surface area contributed by atoms with Crippen molar-refractivity contribution in [3.63, 3.8) is 0 Å². The van der Waals surface area contributed by atoms with Crippen LogP contribution in [-0.4, -0.2) is 17.2 Å². The number of para-hydroxylation sites is 2. The fraction of sp³-hybridized carbons (Fsp3) is 0.368. The van der Waals surface area contributed by atoms with E-state index in [0.29, 0.717) is 5.92 Å². The van der Waals surface area contributed by atoms with E-state index in [0.717, 1.165) is 19.1 Å². The van der Waals surface area contributed by atoms with Gasteiger partial charge in [-0.05, 0) is 37.4 Å². The smallest absolute Gasteiger partial charge is 0.0491 e. The average molecular weight is 278 g/mol. The van der Waals surface area contributed by atoms with Gasteiger partial charge in [0.15, 0.2) is 0 Å². The Morgan fingerprint density at radius 3 is 2.14 bits per heavy atom. The van der Waals surface area contributed by atoms with Crippen LogP contribution in [0.1, 0.15) is 19.8 Å². The summed E-state index contributed by atoms with van der Waals surface area (Å²) in [5.74, 6) is 0.643. The van der Waals surface area contributed by atoms with E-state index in [1.807, 2.05) is 0 Å². The number of benzene rings is 2. The second-order valence-electron chi connectivity index (χ2n) is 6.43. The number of nitrogens with zero attached hydrogens (tertiary/aromatic N) is 1. The summed E-state index contributed by atoms with van der Waals surface area (Å²) < 4.78 is 2.49. The maximum Gasteiger partial charge on any atom is 0.0491 e. The average Bonchev–Trinajstić information content (AvgIpc) is 3.30. The first-order valence-corrected chi connectivity index (χ1v) is 8.02. The van der Waals surface area contributed by atoms with Crippen molar-refractivity contribution in [2.45, 2.75) is 32.4 Å². The van der Waals surface area contributed by atoms with Crippen molar-refractivity contribution in [3.8, 4) is 0 Å². The zero-order valence-corrected chi connectivity index (χ0v) is 12.5. The summed E-state index contributed by atoms with van der Waals surface area (Å²) in [6.07, 6.45) is 2.73. The fourth-order valence-electron chi connectivity index (χ4n) is 3.23. The van der Waals surface area contributed by atoms with Gasteiger partial charge in [0.1, 0.15) is 0 Å². The molecule has 1 unspecified atom stereocenters. The predicted molar refractivity (Wildman–Crippen MR) is 89.6 cm³/mol. The van der Waals surface area contributed by atoms with Crippen LogP contribution in [0.15, 0.2) is 48.5 Å². The maximum atomic E-state index is 3.65. The molecular formula is C19H22N2.